The van der Waals surface area contributed by atoms with Gasteiger partial charge in [0.15, 0.2) is 0 Å². The molecule has 1 heterocycles. The average molecular weight is 357 g/mol. The lowest BCUT2D eigenvalue weighted by molar-refractivity contribution is -0.921. The van der Waals surface area contributed by atoms with Crippen LogP contribution in [0.1, 0.15) is 15.9 Å². The zero-order chi connectivity index (χ0) is 17.3. The largest absolute Gasteiger partial charge is 0.370 e. The number of hydrogen-bond acceptors (Lipinski definition) is 3. The van der Waals surface area contributed by atoms with Crippen LogP contribution in [0.5, 0.6) is 0 Å². The maximum Gasteiger partial charge on any atom is 0.251 e. The van der Waals surface area contributed by atoms with Crippen LogP contribution in [0.25, 0.3) is 0 Å². The fourth-order valence-corrected chi connectivity index (χ4v) is 3.64. The van der Waals surface area contributed by atoms with Gasteiger partial charge < -0.3 is 15.0 Å². The van der Waals surface area contributed by atoms with Crippen molar-refractivity contribution >= 4 is 17.7 Å². The van der Waals surface area contributed by atoms with E-state index in [4.69, 9.17) is 4.74 Å². The molecule has 3 rings (SSSR count). The highest BCUT2D eigenvalue weighted by Crippen LogP contribution is 2.15. The van der Waals surface area contributed by atoms with Gasteiger partial charge >= 0.3 is 0 Å². The van der Waals surface area contributed by atoms with Gasteiger partial charge in [0, 0.05) is 28.3 Å². The fraction of sp³-hybridized carbons (Fsp3) is 0.350. The molecule has 4 nitrogen and oxygen atoms in total. The van der Waals surface area contributed by atoms with Crippen molar-refractivity contribution in [2.45, 2.75) is 11.4 Å². The van der Waals surface area contributed by atoms with Gasteiger partial charge in [0.2, 0.25) is 0 Å². The minimum absolute atomic E-state index is 0.000990. The highest BCUT2D eigenvalue weighted by Gasteiger charge is 2.14. The van der Waals surface area contributed by atoms with Gasteiger partial charge in [-0.1, -0.05) is 30.3 Å². The Hall–Kier alpha value is -1.82. The van der Waals surface area contributed by atoms with E-state index in [1.807, 2.05) is 30.3 Å². The summed E-state index contributed by atoms with van der Waals surface area (Å²) in [7, 11) is 0. The van der Waals surface area contributed by atoms with Crippen LogP contribution in [-0.4, -0.2) is 44.5 Å². The predicted molar refractivity (Wildman–Crippen MR) is 101 cm³/mol. The molecule has 0 saturated carbocycles. The van der Waals surface area contributed by atoms with E-state index in [-0.39, 0.29) is 5.91 Å². The monoisotopic (exact) mass is 357 g/mol. The number of morpholine rings is 1. The molecule has 0 aliphatic carbocycles. The van der Waals surface area contributed by atoms with Gasteiger partial charge in [-0.05, 0) is 24.3 Å². The number of carbonyl (C=O) groups excluding carboxylic acids is 1. The molecule has 5 heteroatoms. The summed E-state index contributed by atoms with van der Waals surface area (Å²) in [5.41, 5.74) is 2.00. The summed E-state index contributed by atoms with van der Waals surface area (Å²) in [6, 6.07) is 18.2. The van der Waals surface area contributed by atoms with Crippen LogP contribution in [0.15, 0.2) is 59.5 Å². The lowest BCUT2D eigenvalue weighted by atomic mass is 10.1. The molecule has 1 saturated heterocycles. The molecule has 0 atom stereocenters. The number of hydrogen-bond donors (Lipinski definition) is 2. The maximum atomic E-state index is 12.2. The van der Waals surface area contributed by atoms with Crippen LogP contribution in [0.3, 0.4) is 0 Å². The number of nitrogens with one attached hydrogen (secondary N) is 2. The van der Waals surface area contributed by atoms with Crippen LogP contribution in [0, 0.1) is 0 Å². The maximum absolute atomic E-state index is 12.2. The highest BCUT2D eigenvalue weighted by molar-refractivity contribution is 7.99. The molecule has 2 aromatic rings. The Morgan fingerprint density at radius 1 is 1.04 bits per heavy atom. The summed E-state index contributed by atoms with van der Waals surface area (Å²) in [5, 5.41) is 2.99. The summed E-state index contributed by atoms with van der Waals surface area (Å²) >= 11 is 1.75. The van der Waals surface area contributed by atoms with Crippen molar-refractivity contribution in [2.24, 2.45) is 0 Å². The third-order valence-electron chi connectivity index (χ3n) is 4.27. The zero-order valence-electron chi connectivity index (χ0n) is 14.4. The van der Waals surface area contributed by atoms with Gasteiger partial charge in [-0.25, -0.2) is 0 Å². The minimum atomic E-state index is -0.000990. The predicted octanol–water partition coefficient (Wildman–Crippen LogP) is 1.62. The second kappa shape index (κ2) is 9.61. The Morgan fingerprint density at radius 2 is 1.76 bits per heavy atom. The number of ether oxygens (including phenoxy) is 1. The topological polar surface area (TPSA) is 42.8 Å². The van der Waals surface area contributed by atoms with E-state index < -0.39 is 0 Å². The highest BCUT2D eigenvalue weighted by atomic mass is 32.2. The van der Waals surface area contributed by atoms with E-state index in [1.54, 1.807) is 16.7 Å². The lowest BCUT2D eigenvalue weighted by Crippen LogP contribution is -3.12. The van der Waals surface area contributed by atoms with Crippen LogP contribution >= 0.6 is 11.8 Å². The van der Waals surface area contributed by atoms with Crippen molar-refractivity contribution in [3.63, 3.8) is 0 Å². The zero-order valence-corrected chi connectivity index (χ0v) is 15.2. The molecular weight excluding hydrogens is 332 g/mol. The van der Waals surface area contributed by atoms with Gasteiger partial charge in [-0.15, -0.1) is 11.8 Å². The first kappa shape index (κ1) is 18.0. The normalized spacial score (nSPS) is 15.0. The first-order valence-corrected chi connectivity index (χ1v) is 9.76. The van der Waals surface area contributed by atoms with Crippen molar-refractivity contribution in [3.05, 3.63) is 65.7 Å². The van der Waals surface area contributed by atoms with Crippen LogP contribution < -0.4 is 10.2 Å². The lowest BCUT2D eigenvalue weighted by Gasteiger charge is -2.23. The third kappa shape index (κ3) is 5.88. The molecule has 132 valence electrons. The van der Waals surface area contributed by atoms with Crippen molar-refractivity contribution in [1.29, 1.82) is 0 Å². The number of thioether (sulfide) groups is 1. The summed E-state index contributed by atoms with van der Waals surface area (Å²) in [6.07, 6.45) is 0. The van der Waals surface area contributed by atoms with Crippen molar-refractivity contribution in [1.82, 2.24) is 5.32 Å². The van der Waals surface area contributed by atoms with Gasteiger partial charge in [0.25, 0.3) is 5.91 Å². The standard InChI is InChI=1S/C20H24N2O2S/c23-20(21-10-15-25-19-4-2-1-3-5-19)18-8-6-17(7-9-18)16-22-11-13-24-14-12-22/h1-9H,10-16H2,(H,21,23)/p+1. The summed E-state index contributed by atoms with van der Waals surface area (Å²) < 4.78 is 5.39. The van der Waals surface area contributed by atoms with E-state index in [9.17, 15) is 4.79 Å². The van der Waals surface area contributed by atoms with Crippen LogP contribution in [0.4, 0.5) is 0 Å². The quantitative estimate of drug-likeness (QED) is 0.585. The number of carbonyl (C=O) groups is 1. The Labute approximate surface area is 153 Å². The average Bonchev–Trinajstić information content (AvgIpc) is 2.67. The molecule has 0 spiro atoms. The summed E-state index contributed by atoms with van der Waals surface area (Å²) in [4.78, 5) is 15.0. The Morgan fingerprint density at radius 3 is 2.48 bits per heavy atom. The number of rotatable bonds is 7. The van der Waals surface area contributed by atoms with Crippen molar-refractivity contribution in [3.8, 4) is 0 Å². The Kier molecular flexibility index (Phi) is 6.91. The number of benzene rings is 2. The van der Waals surface area contributed by atoms with Gasteiger partial charge in [0.1, 0.15) is 19.6 Å². The molecule has 25 heavy (non-hydrogen) atoms. The van der Waals surface area contributed by atoms with Crippen molar-refractivity contribution in [2.75, 3.05) is 38.6 Å². The molecule has 0 unspecified atom stereocenters. The molecule has 1 amide bonds. The Balaban J connectivity index is 1.41. The fourth-order valence-electron chi connectivity index (χ4n) is 2.85. The van der Waals surface area contributed by atoms with Crippen LogP contribution in [-0.2, 0) is 11.3 Å². The molecule has 0 aromatic heterocycles. The molecule has 1 aliphatic heterocycles. The summed E-state index contributed by atoms with van der Waals surface area (Å²) in [6.45, 7) is 5.47. The van der Waals surface area contributed by atoms with E-state index in [0.717, 1.165) is 44.2 Å². The molecular formula is C20H25N2O2S+. The second-order valence-electron chi connectivity index (χ2n) is 6.15. The number of amides is 1. The molecule has 2 aromatic carbocycles. The van der Waals surface area contributed by atoms with E-state index in [0.29, 0.717) is 6.54 Å². The molecule has 1 aliphatic rings. The number of quaternary nitrogens is 1. The Bertz CT molecular complexity index is 655. The SMILES string of the molecule is O=C(NCCSc1ccccc1)c1ccc(C[NH+]2CCOCC2)cc1. The molecule has 0 radical (unpaired) electrons. The van der Waals surface area contributed by atoms with Gasteiger partial charge in [-0.3, -0.25) is 4.79 Å². The van der Waals surface area contributed by atoms with E-state index >= 15 is 0 Å². The minimum Gasteiger partial charge on any atom is -0.370 e. The molecule has 1 fully saturated rings. The first-order valence-electron chi connectivity index (χ1n) is 8.77. The van der Waals surface area contributed by atoms with Gasteiger partial charge in [0.05, 0.1) is 13.2 Å². The second-order valence-corrected chi connectivity index (χ2v) is 7.32. The van der Waals surface area contributed by atoms with E-state index in [2.05, 4.69) is 29.6 Å². The van der Waals surface area contributed by atoms with E-state index in [1.165, 1.54) is 10.5 Å². The van der Waals surface area contributed by atoms with Gasteiger partial charge in [-0.2, -0.15) is 0 Å². The summed E-state index contributed by atoms with van der Waals surface area (Å²) in [5.74, 6) is 0.868. The molecule has 2 N–H and O–H groups in total. The molecule has 0 bridgehead atoms. The first-order chi connectivity index (χ1) is 12.3. The smallest absolute Gasteiger partial charge is 0.251 e. The third-order valence-corrected chi connectivity index (χ3v) is 5.28. The van der Waals surface area contributed by atoms with Crippen LogP contribution in [0.2, 0.25) is 0 Å². The van der Waals surface area contributed by atoms with Crippen molar-refractivity contribution < 1.29 is 14.4 Å².